The van der Waals surface area contributed by atoms with Gasteiger partial charge in [0.1, 0.15) is 18.1 Å². The monoisotopic (exact) mass is 489 g/mol. The summed E-state index contributed by atoms with van der Waals surface area (Å²) in [5.41, 5.74) is 4.21. The first kappa shape index (κ1) is 27.2. The summed E-state index contributed by atoms with van der Waals surface area (Å²) in [6, 6.07) is 12.9. The fraction of sp³-hybridized carbons (Fsp3) is 0.360. The summed E-state index contributed by atoms with van der Waals surface area (Å²) in [5.74, 6) is 0.817. The lowest BCUT2D eigenvalue weighted by atomic mass is 10.1. The topological polar surface area (TPSA) is 109 Å². The Labute approximate surface area is 206 Å². The number of methoxy groups -OCH3 is 1. The van der Waals surface area contributed by atoms with Crippen molar-refractivity contribution in [2.24, 2.45) is 0 Å². The van der Waals surface area contributed by atoms with E-state index >= 15 is 0 Å². The van der Waals surface area contributed by atoms with Crippen LogP contribution in [0.15, 0.2) is 48.5 Å². The van der Waals surface area contributed by atoms with E-state index in [0.717, 1.165) is 29.7 Å². The summed E-state index contributed by atoms with van der Waals surface area (Å²) in [6.07, 6.45) is 7.04. The summed E-state index contributed by atoms with van der Waals surface area (Å²) in [5, 5.41) is 14.9. The molecule has 8 nitrogen and oxygen atoms in total. The van der Waals surface area contributed by atoms with Gasteiger partial charge in [0.15, 0.2) is 0 Å². The van der Waals surface area contributed by atoms with E-state index in [2.05, 4.69) is 10.6 Å². The van der Waals surface area contributed by atoms with Gasteiger partial charge >= 0.3 is 0 Å². The molecule has 2 amide bonds. The fourth-order valence-corrected chi connectivity index (χ4v) is 3.66. The van der Waals surface area contributed by atoms with Gasteiger partial charge in [-0.15, -0.1) is 12.4 Å². The van der Waals surface area contributed by atoms with Gasteiger partial charge in [-0.3, -0.25) is 14.8 Å². The zero-order valence-corrected chi connectivity index (χ0v) is 20.0. The molecule has 34 heavy (non-hydrogen) atoms. The third kappa shape index (κ3) is 8.37. The summed E-state index contributed by atoms with van der Waals surface area (Å²) < 4.78 is 11.5. The van der Waals surface area contributed by atoms with E-state index < -0.39 is 11.9 Å². The van der Waals surface area contributed by atoms with Gasteiger partial charge in [0, 0.05) is 13.0 Å². The molecular formula is C25H32ClN3O5. The Hall–Kier alpha value is -3.07. The van der Waals surface area contributed by atoms with Crippen LogP contribution in [-0.2, 0) is 16.2 Å². The molecular weight excluding hydrogens is 458 g/mol. The molecule has 3 rings (SSSR count). The molecule has 0 unspecified atom stereocenters. The summed E-state index contributed by atoms with van der Waals surface area (Å²) in [7, 11) is 1.64. The summed E-state index contributed by atoms with van der Waals surface area (Å²) in [6.45, 7) is 0.865. The number of unbranched alkanes of at least 4 members (excludes halogenated alkanes) is 2. The van der Waals surface area contributed by atoms with Crippen LogP contribution < -0.4 is 25.6 Å². The predicted octanol–water partition coefficient (Wildman–Crippen LogP) is 4.08. The first-order valence-electron chi connectivity index (χ1n) is 11.1. The van der Waals surface area contributed by atoms with Crippen molar-refractivity contribution in [2.75, 3.05) is 19.0 Å². The van der Waals surface area contributed by atoms with Crippen LogP contribution in [0.1, 0.15) is 43.2 Å². The van der Waals surface area contributed by atoms with Crippen molar-refractivity contribution in [3.05, 3.63) is 59.7 Å². The molecule has 0 aliphatic carbocycles. The highest BCUT2D eigenvalue weighted by Gasteiger charge is 2.19. The smallest absolute Gasteiger partial charge is 0.243 e. The molecule has 2 aromatic carbocycles. The van der Waals surface area contributed by atoms with Crippen LogP contribution >= 0.6 is 12.4 Å². The number of halogens is 1. The number of carbonyl (C=O) groups is 2. The van der Waals surface area contributed by atoms with Gasteiger partial charge in [-0.25, -0.2) is 5.48 Å². The molecule has 9 heteroatoms. The number of rotatable bonds is 7. The highest BCUT2D eigenvalue weighted by atomic mass is 35.5. The quantitative estimate of drug-likeness (QED) is 0.265. The first-order valence-corrected chi connectivity index (χ1v) is 11.1. The zero-order chi connectivity index (χ0) is 23.5. The van der Waals surface area contributed by atoms with Crippen LogP contribution in [0, 0.1) is 0 Å². The minimum absolute atomic E-state index is 0. The SMILES string of the molecule is COc1cc2cc(c1)COc1ccccc1NC(=O)[C@H](CCCCCC(=O)NO)NC/C=C\2.Cl. The second kappa shape index (κ2) is 14.2. The maximum atomic E-state index is 13.0. The molecule has 1 aliphatic heterocycles. The number of ether oxygens (including phenoxy) is 2. The standard InChI is InChI=1S/C25H31N3O5.ClH/c1-32-20-15-18-8-7-13-26-22(10-3-2-4-12-24(29)28-31)25(30)27-21-9-5-6-11-23(21)33-17-19(14-18)16-20;/h5-9,11,14-16,22,26,31H,2-4,10,12-13,17H2,1H3,(H,27,30)(H,28,29);1H/b8-7-;/t22-;/m0./s1. The first-order chi connectivity index (χ1) is 16.1. The molecule has 184 valence electrons. The molecule has 0 saturated heterocycles. The van der Waals surface area contributed by atoms with Gasteiger partial charge in [0.2, 0.25) is 11.8 Å². The van der Waals surface area contributed by atoms with Crippen molar-refractivity contribution in [1.82, 2.24) is 10.8 Å². The van der Waals surface area contributed by atoms with E-state index in [1.165, 1.54) is 0 Å². The molecule has 0 spiro atoms. The minimum Gasteiger partial charge on any atom is -0.497 e. The minimum atomic E-state index is -0.404. The van der Waals surface area contributed by atoms with Gasteiger partial charge in [-0.1, -0.05) is 37.1 Å². The van der Waals surface area contributed by atoms with Crippen LogP contribution in [0.5, 0.6) is 11.5 Å². The summed E-state index contributed by atoms with van der Waals surface area (Å²) >= 11 is 0. The van der Waals surface area contributed by atoms with Crippen LogP contribution in [0.2, 0.25) is 0 Å². The van der Waals surface area contributed by atoms with E-state index in [1.807, 2.05) is 54.6 Å². The van der Waals surface area contributed by atoms with Gasteiger partial charge < -0.3 is 20.1 Å². The van der Waals surface area contributed by atoms with E-state index in [1.54, 1.807) is 12.6 Å². The number of hydrogen-bond donors (Lipinski definition) is 4. The third-order valence-electron chi connectivity index (χ3n) is 5.39. The largest absolute Gasteiger partial charge is 0.497 e. The number of nitrogens with one attached hydrogen (secondary N) is 3. The Balaban J connectivity index is 0.00000408. The number of hydroxylamine groups is 1. The second-order valence-corrected chi connectivity index (χ2v) is 7.89. The average molecular weight is 490 g/mol. The Kier molecular flexibility index (Phi) is 11.4. The van der Waals surface area contributed by atoms with Crippen molar-refractivity contribution >= 4 is 36.0 Å². The predicted molar refractivity (Wildman–Crippen MR) is 133 cm³/mol. The number of hydrogen-bond acceptors (Lipinski definition) is 6. The molecule has 1 atom stereocenters. The van der Waals surface area contributed by atoms with Crippen LogP contribution in [-0.4, -0.2) is 36.7 Å². The van der Waals surface area contributed by atoms with Gasteiger partial charge in [-0.05, 0) is 54.3 Å². The van der Waals surface area contributed by atoms with E-state index in [4.69, 9.17) is 14.7 Å². The molecule has 0 aromatic heterocycles. The van der Waals surface area contributed by atoms with Gasteiger partial charge in [0.05, 0.1) is 18.8 Å². The highest BCUT2D eigenvalue weighted by molar-refractivity contribution is 5.96. The Morgan fingerprint density at radius 3 is 2.82 bits per heavy atom. The molecule has 1 aliphatic rings. The maximum absolute atomic E-state index is 13.0. The number of para-hydroxylation sites is 2. The second-order valence-electron chi connectivity index (χ2n) is 7.89. The van der Waals surface area contributed by atoms with E-state index in [9.17, 15) is 9.59 Å². The molecule has 2 aromatic rings. The molecule has 1 heterocycles. The number of anilines is 1. The normalized spacial score (nSPS) is 16.5. The summed E-state index contributed by atoms with van der Waals surface area (Å²) in [4.78, 5) is 24.2. The van der Waals surface area contributed by atoms with Crippen molar-refractivity contribution in [3.63, 3.8) is 0 Å². The van der Waals surface area contributed by atoms with Crippen LogP contribution in [0.3, 0.4) is 0 Å². The van der Waals surface area contributed by atoms with Crippen LogP contribution in [0.25, 0.3) is 6.08 Å². The molecule has 4 N–H and O–H groups in total. The average Bonchev–Trinajstić information content (AvgIpc) is 2.83. The van der Waals surface area contributed by atoms with Crippen molar-refractivity contribution in [2.45, 2.75) is 44.8 Å². The highest BCUT2D eigenvalue weighted by Crippen LogP contribution is 2.26. The fourth-order valence-electron chi connectivity index (χ4n) is 3.66. The van der Waals surface area contributed by atoms with Crippen LogP contribution in [0.4, 0.5) is 5.69 Å². The van der Waals surface area contributed by atoms with Crippen molar-refractivity contribution in [1.29, 1.82) is 0 Å². The Morgan fingerprint density at radius 2 is 2.03 bits per heavy atom. The lowest BCUT2D eigenvalue weighted by molar-refractivity contribution is -0.129. The lowest BCUT2D eigenvalue weighted by Gasteiger charge is -2.20. The van der Waals surface area contributed by atoms with Crippen molar-refractivity contribution < 1.29 is 24.3 Å². The Morgan fingerprint density at radius 1 is 1.21 bits per heavy atom. The number of fused-ring (bicyclic) bond motifs is 3. The lowest BCUT2D eigenvalue weighted by Crippen LogP contribution is -2.40. The molecule has 0 saturated carbocycles. The van der Waals surface area contributed by atoms with E-state index in [0.29, 0.717) is 37.4 Å². The molecule has 0 fully saturated rings. The number of benzene rings is 2. The number of amides is 2. The number of carbonyl (C=O) groups excluding carboxylic acids is 2. The zero-order valence-electron chi connectivity index (χ0n) is 19.2. The van der Waals surface area contributed by atoms with Gasteiger partial charge in [-0.2, -0.15) is 0 Å². The molecule has 2 bridgehead atoms. The Bertz CT molecular complexity index is 983. The van der Waals surface area contributed by atoms with E-state index in [-0.39, 0.29) is 24.7 Å². The van der Waals surface area contributed by atoms with Crippen molar-refractivity contribution in [3.8, 4) is 11.5 Å². The third-order valence-corrected chi connectivity index (χ3v) is 5.39. The molecule has 0 radical (unpaired) electrons. The van der Waals surface area contributed by atoms with Gasteiger partial charge in [0.25, 0.3) is 0 Å². The maximum Gasteiger partial charge on any atom is 0.243 e.